The summed E-state index contributed by atoms with van der Waals surface area (Å²) in [5, 5.41) is 4.83. The van der Waals surface area contributed by atoms with Gasteiger partial charge >= 0.3 is 0 Å². The minimum absolute atomic E-state index is 0.109. The van der Waals surface area contributed by atoms with Gasteiger partial charge in [0.1, 0.15) is 0 Å². The van der Waals surface area contributed by atoms with Crippen molar-refractivity contribution < 1.29 is 0 Å². The fourth-order valence-corrected chi connectivity index (χ4v) is 20.3. The van der Waals surface area contributed by atoms with Crippen LogP contribution in [-0.2, 0) is 5.41 Å². The Morgan fingerprint density at radius 2 is 0.618 bits per heavy atom. The molecule has 20 rings (SSSR count). The molecule has 4 heterocycles. The predicted octanol–water partition coefficient (Wildman–Crippen LogP) is 25.2. The first-order chi connectivity index (χ1) is 50.4. The highest BCUT2D eigenvalue weighted by Crippen LogP contribution is 2.66. The van der Waals surface area contributed by atoms with Crippen molar-refractivity contribution in [3.63, 3.8) is 0 Å². The van der Waals surface area contributed by atoms with Crippen molar-refractivity contribution in [2.75, 3.05) is 0 Å². The number of fused-ring (bicyclic) bond motifs is 14. The fraction of sp³-hybridized carbons (Fsp3) is 0.106. The smallest absolute Gasteiger partial charge is 0.165 e. The third-order valence-electron chi connectivity index (χ3n) is 22.1. The predicted molar refractivity (Wildman–Crippen MR) is 424 cm³/mol. The maximum absolute atomic E-state index is 5.40. The summed E-state index contributed by atoms with van der Waals surface area (Å²) in [6.45, 7) is 2.52. The zero-order chi connectivity index (χ0) is 67.4. The van der Waals surface area contributed by atoms with Crippen LogP contribution in [0.15, 0.2) is 303 Å². The van der Waals surface area contributed by atoms with E-state index in [1.807, 2.05) is 46.9 Å². The number of nitrogens with zero attached hydrogens (tertiary/aromatic N) is 6. The molecule has 0 saturated heterocycles. The third-order valence-corrected chi connectivity index (χ3v) is 24.7. The van der Waals surface area contributed by atoms with Crippen LogP contribution in [0.25, 0.3) is 175 Å². The van der Waals surface area contributed by atoms with Gasteiger partial charge in [-0.15, -0.1) is 22.7 Å². The van der Waals surface area contributed by atoms with Crippen LogP contribution in [0.5, 0.6) is 0 Å². The van der Waals surface area contributed by atoms with E-state index in [0.29, 0.717) is 46.8 Å². The van der Waals surface area contributed by atoms with Gasteiger partial charge in [-0.3, -0.25) is 0 Å². The summed E-state index contributed by atoms with van der Waals surface area (Å²) >= 11 is 3.70. The van der Waals surface area contributed by atoms with Crippen LogP contribution < -0.4 is 0 Å². The average molecular weight is 1340 g/mol. The van der Waals surface area contributed by atoms with E-state index in [0.717, 1.165) is 77.4 Å². The Hall–Kier alpha value is -11.7. The number of rotatable bonds is 11. The molecule has 0 aliphatic heterocycles. The summed E-state index contributed by atoms with van der Waals surface area (Å²) in [6, 6.07) is 110. The molecule has 2 fully saturated rings. The Balaban J connectivity index is 0.728. The first kappa shape index (κ1) is 60.3. The number of thiophene rings is 2. The summed E-state index contributed by atoms with van der Waals surface area (Å²) in [5.74, 6) is 5.87. The van der Waals surface area contributed by atoms with Gasteiger partial charge < -0.3 is 0 Å². The van der Waals surface area contributed by atoms with Crippen LogP contribution in [0, 0.1) is 17.8 Å². The van der Waals surface area contributed by atoms with Gasteiger partial charge in [-0.1, -0.05) is 280 Å². The number of hydrogen-bond donors (Lipinski definition) is 0. The summed E-state index contributed by atoms with van der Waals surface area (Å²) < 4.78 is 4.81. The largest absolute Gasteiger partial charge is 0.208 e. The van der Waals surface area contributed by atoms with Crippen LogP contribution in [0.4, 0.5) is 0 Å². The van der Waals surface area contributed by atoms with Crippen LogP contribution in [0.3, 0.4) is 0 Å². The lowest BCUT2D eigenvalue weighted by Gasteiger charge is -2.50. The maximum Gasteiger partial charge on any atom is 0.165 e. The highest BCUT2D eigenvalue weighted by molar-refractivity contribution is 7.27. The molecule has 484 valence electrons. The first-order valence-corrected chi connectivity index (χ1v) is 37.3. The third kappa shape index (κ3) is 10.1. The van der Waals surface area contributed by atoms with E-state index in [2.05, 4.69) is 286 Å². The van der Waals surface area contributed by atoms with Gasteiger partial charge in [-0.25, -0.2) is 29.9 Å². The lowest BCUT2D eigenvalue weighted by atomic mass is 9.53. The van der Waals surface area contributed by atoms with E-state index < -0.39 is 0 Å². The molecule has 3 aliphatic rings. The van der Waals surface area contributed by atoms with Crippen LogP contribution in [-0.4, -0.2) is 29.9 Å². The van der Waals surface area contributed by atoms with E-state index in [4.69, 9.17) is 29.9 Å². The molecule has 4 unspecified atom stereocenters. The highest BCUT2D eigenvalue weighted by atomic mass is 32.1. The molecular weight excluding hydrogens is 1280 g/mol. The number of aromatic nitrogens is 6. The molecule has 8 heteroatoms. The second kappa shape index (κ2) is 24.6. The normalized spacial score (nSPS) is 16.8. The summed E-state index contributed by atoms with van der Waals surface area (Å²) in [6.07, 6.45) is 6.25. The topological polar surface area (TPSA) is 77.3 Å². The molecule has 2 saturated carbocycles. The highest BCUT2D eigenvalue weighted by Gasteiger charge is 2.54. The van der Waals surface area contributed by atoms with Gasteiger partial charge in [-0.05, 0) is 153 Å². The monoisotopic (exact) mass is 1340 g/mol. The maximum atomic E-state index is 5.40. The molecule has 102 heavy (non-hydrogen) atoms. The van der Waals surface area contributed by atoms with Crippen LogP contribution in [0.2, 0.25) is 0 Å². The van der Waals surface area contributed by atoms with Crippen molar-refractivity contribution in [1.82, 2.24) is 29.9 Å². The molecule has 17 aromatic rings. The SMILES string of the molecule is CC1CC2CCC3(c4cccc(-c5cccc(-c6cccc7c6sc6c(-c8nc(-c9ccccc9)nc(-c9cccc(-c%10ccccc%10)c9)n8)cccc67)c5)c4-c4c(-c5cccc6c5sc5c(-c7nc(-c8ccccc8)nc(-c8cccc(-c9ccccc9)c8)n7)cccc56)cccc43)C(C1)C2. The molecule has 0 radical (unpaired) electrons. The van der Waals surface area contributed by atoms with E-state index in [-0.39, 0.29) is 5.41 Å². The Labute approximate surface area is 600 Å². The molecular formula is C94H66N6S2. The first-order valence-electron chi connectivity index (χ1n) is 35.6. The van der Waals surface area contributed by atoms with Crippen LogP contribution >= 0.6 is 22.7 Å². The van der Waals surface area contributed by atoms with E-state index in [1.54, 1.807) is 0 Å². The Kier molecular flexibility index (Phi) is 14.5. The van der Waals surface area contributed by atoms with Crippen molar-refractivity contribution in [2.24, 2.45) is 17.8 Å². The molecule has 0 amide bonds. The summed E-state index contributed by atoms with van der Waals surface area (Å²) in [4.78, 5) is 31.8. The molecule has 13 aromatic carbocycles. The molecule has 2 bridgehead atoms. The van der Waals surface area contributed by atoms with E-state index >= 15 is 0 Å². The van der Waals surface area contributed by atoms with E-state index in [9.17, 15) is 0 Å². The molecule has 4 atom stereocenters. The van der Waals surface area contributed by atoms with Crippen molar-refractivity contribution >= 4 is 63.0 Å². The zero-order valence-electron chi connectivity index (χ0n) is 56.1. The van der Waals surface area contributed by atoms with Crippen molar-refractivity contribution in [3.8, 4) is 135 Å². The minimum atomic E-state index is -0.109. The standard InChI is InChI=1S/C94H66N6S2/c1-57-51-58-49-50-94(69(52-57)53-58)80-47-21-37-70(65-33-16-34-66(56-65)71-38-17-41-74-76-43-19-45-78(86(76)101-84(71)74)92-97-88(61-27-10-4-11-28-61)95-90(99-92)67-35-14-31-63(54-67)59-23-6-2-7-24-59)82(80)83-72(39-22-48-81(83)94)73-40-18-42-75-77-44-20-46-79(87(77)102-85(73)75)93-98-89(62-29-12-5-13-30-62)96-91(100-93)68-36-15-32-64(55-68)60-25-8-3-9-26-60/h2-48,54-58,69H,49-53H2,1H3. The second-order valence-corrected chi connectivity index (χ2v) is 30.1. The molecule has 4 aromatic heterocycles. The molecule has 3 aliphatic carbocycles. The van der Waals surface area contributed by atoms with Gasteiger partial charge in [0.15, 0.2) is 34.9 Å². The van der Waals surface area contributed by atoms with Gasteiger partial charge in [0.25, 0.3) is 0 Å². The van der Waals surface area contributed by atoms with Crippen LogP contribution in [0.1, 0.15) is 50.2 Å². The quantitative estimate of drug-likeness (QED) is 0.128. The molecule has 6 nitrogen and oxygen atoms in total. The van der Waals surface area contributed by atoms with E-state index in [1.165, 1.54) is 112 Å². The molecule has 1 spiro atoms. The Morgan fingerprint density at radius 3 is 1.13 bits per heavy atom. The average Bonchev–Trinajstić information content (AvgIpc) is 1.52. The molecule has 0 N–H and O–H groups in total. The minimum Gasteiger partial charge on any atom is -0.208 e. The Bertz CT molecular complexity index is 6160. The number of benzene rings is 13. The fourth-order valence-electron chi connectivity index (χ4n) is 17.6. The van der Waals surface area contributed by atoms with Crippen molar-refractivity contribution in [1.29, 1.82) is 0 Å². The van der Waals surface area contributed by atoms with Gasteiger partial charge in [-0.2, -0.15) is 0 Å². The number of hydrogen-bond acceptors (Lipinski definition) is 8. The van der Waals surface area contributed by atoms with Gasteiger partial charge in [0.2, 0.25) is 0 Å². The second-order valence-electron chi connectivity index (χ2n) is 28.1. The lowest BCUT2D eigenvalue weighted by Crippen LogP contribution is -2.44. The summed E-state index contributed by atoms with van der Waals surface area (Å²) in [7, 11) is 0. The van der Waals surface area contributed by atoms with Gasteiger partial charge in [0, 0.05) is 84.7 Å². The van der Waals surface area contributed by atoms with Crippen molar-refractivity contribution in [3.05, 3.63) is 314 Å². The van der Waals surface area contributed by atoms with Crippen molar-refractivity contribution in [2.45, 2.75) is 44.4 Å². The Morgan fingerprint density at radius 1 is 0.275 bits per heavy atom. The zero-order valence-corrected chi connectivity index (χ0v) is 57.8. The summed E-state index contributed by atoms with van der Waals surface area (Å²) in [5.41, 5.74) is 23.4. The van der Waals surface area contributed by atoms with Gasteiger partial charge in [0.05, 0.1) is 0 Å². The lowest BCUT2D eigenvalue weighted by molar-refractivity contribution is 0.0856.